The number of hydrogen-bond donors (Lipinski definition) is 2. The molecule has 124 valence electrons. The Balaban J connectivity index is 1.63. The summed E-state index contributed by atoms with van der Waals surface area (Å²) in [5.74, 6) is -1.80. The second-order valence-corrected chi connectivity index (χ2v) is 6.35. The van der Waals surface area contributed by atoms with Crippen molar-refractivity contribution in [2.45, 2.75) is 13.1 Å². The zero-order chi connectivity index (χ0) is 16.9. The Bertz CT molecular complexity index is 733. The maximum absolute atomic E-state index is 12.5. The third-order valence-corrected chi connectivity index (χ3v) is 4.53. The number of imide groups is 1. The highest BCUT2D eigenvalue weighted by Crippen LogP contribution is 2.17. The van der Waals surface area contributed by atoms with Gasteiger partial charge in [0.1, 0.15) is 5.92 Å². The van der Waals surface area contributed by atoms with Crippen molar-refractivity contribution in [3.8, 4) is 0 Å². The number of nitrogens with zero attached hydrogens (tertiary/aromatic N) is 2. The predicted octanol–water partition coefficient (Wildman–Crippen LogP) is 1.13. The van der Waals surface area contributed by atoms with Crippen molar-refractivity contribution in [2.24, 2.45) is 5.92 Å². The van der Waals surface area contributed by atoms with Gasteiger partial charge in [0.05, 0.1) is 6.54 Å². The lowest BCUT2D eigenvalue weighted by molar-refractivity contribution is -0.141. The van der Waals surface area contributed by atoms with Crippen LogP contribution in [-0.4, -0.2) is 34.3 Å². The van der Waals surface area contributed by atoms with E-state index in [0.29, 0.717) is 0 Å². The molecule has 1 saturated heterocycles. The maximum atomic E-state index is 12.5. The predicted molar refractivity (Wildman–Crippen MR) is 87.8 cm³/mol. The molecule has 2 N–H and O–H groups in total. The molecule has 0 radical (unpaired) electrons. The first-order valence-corrected chi connectivity index (χ1v) is 8.31. The number of urea groups is 1. The normalized spacial score (nSPS) is 17.5. The van der Waals surface area contributed by atoms with Gasteiger partial charge in [-0.2, -0.15) is 0 Å². The molecule has 0 bridgehead atoms. The monoisotopic (exact) mass is 344 g/mol. The number of thiophene rings is 1. The van der Waals surface area contributed by atoms with E-state index in [1.807, 2.05) is 23.6 Å². The van der Waals surface area contributed by atoms with Crippen molar-refractivity contribution >= 4 is 29.2 Å². The second-order valence-electron chi connectivity index (χ2n) is 5.32. The molecule has 1 aliphatic rings. The van der Waals surface area contributed by atoms with Crippen LogP contribution in [0.25, 0.3) is 0 Å². The van der Waals surface area contributed by atoms with Crippen LogP contribution >= 0.6 is 11.3 Å². The van der Waals surface area contributed by atoms with Crippen LogP contribution in [0.4, 0.5) is 4.79 Å². The zero-order valence-corrected chi connectivity index (χ0v) is 13.6. The van der Waals surface area contributed by atoms with Crippen LogP contribution < -0.4 is 10.6 Å². The Morgan fingerprint density at radius 2 is 2.25 bits per heavy atom. The summed E-state index contributed by atoms with van der Waals surface area (Å²) >= 11 is 1.46. The molecule has 8 heteroatoms. The Morgan fingerprint density at radius 1 is 1.38 bits per heavy atom. The van der Waals surface area contributed by atoms with Crippen LogP contribution in [0.5, 0.6) is 0 Å². The number of nitrogens with one attached hydrogen (secondary N) is 2. The van der Waals surface area contributed by atoms with Gasteiger partial charge < -0.3 is 10.6 Å². The molecule has 4 amide bonds. The van der Waals surface area contributed by atoms with Gasteiger partial charge in [-0.25, -0.2) is 4.79 Å². The smallest absolute Gasteiger partial charge is 0.324 e. The lowest BCUT2D eigenvalue weighted by atomic mass is 10.0. The Kier molecular flexibility index (Phi) is 4.85. The van der Waals surface area contributed by atoms with E-state index in [1.165, 1.54) is 11.3 Å². The Morgan fingerprint density at radius 3 is 2.96 bits per heavy atom. The number of hydrogen-bond acceptors (Lipinski definition) is 5. The number of rotatable bonds is 5. The van der Waals surface area contributed by atoms with Gasteiger partial charge in [-0.15, -0.1) is 11.3 Å². The van der Waals surface area contributed by atoms with Gasteiger partial charge in [0.2, 0.25) is 11.8 Å². The highest BCUT2D eigenvalue weighted by molar-refractivity contribution is 7.09. The molecule has 3 heterocycles. The lowest BCUT2D eigenvalue weighted by Gasteiger charge is -2.30. The van der Waals surface area contributed by atoms with Crippen molar-refractivity contribution in [2.75, 3.05) is 6.54 Å². The minimum Gasteiger partial charge on any atom is -0.351 e. The van der Waals surface area contributed by atoms with Gasteiger partial charge in [-0.05, 0) is 23.1 Å². The van der Waals surface area contributed by atoms with Gasteiger partial charge in [0.25, 0.3) is 0 Å². The number of aromatic nitrogens is 1. The fourth-order valence-corrected chi connectivity index (χ4v) is 3.08. The van der Waals surface area contributed by atoms with E-state index in [1.54, 1.807) is 18.5 Å². The molecule has 1 unspecified atom stereocenters. The summed E-state index contributed by atoms with van der Waals surface area (Å²) in [4.78, 5) is 42.7. The van der Waals surface area contributed by atoms with E-state index in [-0.39, 0.29) is 19.6 Å². The van der Waals surface area contributed by atoms with E-state index in [2.05, 4.69) is 15.6 Å². The van der Waals surface area contributed by atoms with Crippen molar-refractivity contribution in [3.05, 3.63) is 52.5 Å². The highest BCUT2D eigenvalue weighted by atomic mass is 32.1. The molecule has 2 aromatic heterocycles. The Hall–Kier alpha value is -2.74. The van der Waals surface area contributed by atoms with Gasteiger partial charge >= 0.3 is 6.03 Å². The second kappa shape index (κ2) is 7.22. The molecule has 0 aliphatic carbocycles. The van der Waals surface area contributed by atoms with E-state index in [9.17, 15) is 14.4 Å². The molecule has 24 heavy (non-hydrogen) atoms. The first-order chi connectivity index (χ1) is 11.6. The van der Waals surface area contributed by atoms with E-state index in [4.69, 9.17) is 0 Å². The van der Waals surface area contributed by atoms with E-state index >= 15 is 0 Å². The van der Waals surface area contributed by atoms with E-state index < -0.39 is 23.8 Å². The van der Waals surface area contributed by atoms with Crippen LogP contribution in [0.3, 0.4) is 0 Å². The average Bonchev–Trinajstić information content (AvgIpc) is 3.11. The fraction of sp³-hybridized carbons (Fsp3) is 0.250. The molecule has 0 saturated carbocycles. The molecule has 7 nitrogen and oxygen atoms in total. The first kappa shape index (κ1) is 16.1. The summed E-state index contributed by atoms with van der Waals surface area (Å²) in [5.41, 5.74) is 0.841. The van der Waals surface area contributed by atoms with E-state index in [0.717, 1.165) is 15.3 Å². The molecule has 3 rings (SSSR count). The third-order valence-electron chi connectivity index (χ3n) is 3.67. The first-order valence-electron chi connectivity index (χ1n) is 7.43. The molecule has 1 aliphatic heterocycles. The van der Waals surface area contributed by atoms with Crippen molar-refractivity contribution in [1.29, 1.82) is 0 Å². The van der Waals surface area contributed by atoms with Crippen LogP contribution in [0.15, 0.2) is 42.0 Å². The highest BCUT2D eigenvalue weighted by Gasteiger charge is 2.38. The molecular formula is C16H16N4O3S. The van der Waals surface area contributed by atoms with Crippen molar-refractivity contribution < 1.29 is 14.4 Å². The zero-order valence-electron chi connectivity index (χ0n) is 12.8. The van der Waals surface area contributed by atoms with Gasteiger partial charge in [0, 0.05) is 30.4 Å². The van der Waals surface area contributed by atoms with Gasteiger partial charge in [-0.3, -0.25) is 19.5 Å². The molecule has 1 atom stereocenters. The molecule has 1 fully saturated rings. The third kappa shape index (κ3) is 3.60. The van der Waals surface area contributed by atoms with Crippen LogP contribution in [0.1, 0.15) is 10.4 Å². The fourth-order valence-electron chi connectivity index (χ4n) is 2.39. The van der Waals surface area contributed by atoms with Gasteiger partial charge in [-0.1, -0.05) is 12.1 Å². The summed E-state index contributed by atoms with van der Waals surface area (Å²) in [6, 6.07) is 6.84. The van der Waals surface area contributed by atoms with Gasteiger partial charge in [0.15, 0.2) is 0 Å². The summed E-state index contributed by atoms with van der Waals surface area (Å²) in [5, 5.41) is 7.19. The Labute approximate surface area is 142 Å². The number of carbonyl (C=O) groups excluding carboxylic acids is 3. The minimum atomic E-state index is -0.917. The number of amides is 4. The topological polar surface area (TPSA) is 91.4 Å². The van der Waals surface area contributed by atoms with Crippen LogP contribution in [-0.2, 0) is 22.7 Å². The number of pyridine rings is 1. The number of carbonyl (C=O) groups is 3. The summed E-state index contributed by atoms with van der Waals surface area (Å²) < 4.78 is 0. The quantitative estimate of drug-likeness (QED) is 0.796. The lowest BCUT2D eigenvalue weighted by Crippen LogP contribution is -2.58. The summed E-state index contributed by atoms with van der Waals surface area (Å²) in [6.45, 7) is 0.474. The minimum absolute atomic E-state index is 0.0114. The largest absolute Gasteiger partial charge is 0.351 e. The molecule has 2 aromatic rings. The van der Waals surface area contributed by atoms with Crippen molar-refractivity contribution in [1.82, 2.24) is 20.5 Å². The molecule has 0 aromatic carbocycles. The standard InChI is InChI=1S/C16H16N4O3S/c21-14(18-8-11-3-1-5-17-7-11)13-9-19-16(23)20(15(13)22)10-12-4-2-6-24-12/h1-7,13H,8-10H2,(H,18,21)(H,19,23). The van der Waals surface area contributed by atoms with Crippen molar-refractivity contribution in [3.63, 3.8) is 0 Å². The summed E-state index contributed by atoms with van der Waals surface area (Å²) in [7, 11) is 0. The molecular weight excluding hydrogens is 328 g/mol. The average molecular weight is 344 g/mol. The molecule has 0 spiro atoms. The van der Waals surface area contributed by atoms with Crippen LogP contribution in [0, 0.1) is 5.92 Å². The SMILES string of the molecule is O=C(NCc1cccnc1)C1CNC(=O)N(Cc2cccs2)C1=O. The summed E-state index contributed by atoms with van der Waals surface area (Å²) in [6.07, 6.45) is 3.29. The maximum Gasteiger partial charge on any atom is 0.324 e. The van der Waals surface area contributed by atoms with Crippen LogP contribution in [0.2, 0.25) is 0 Å².